The fourth-order valence-electron chi connectivity index (χ4n) is 2.96. The van der Waals surface area contributed by atoms with Gasteiger partial charge < -0.3 is 19.5 Å². The van der Waals surface area contributed by atoms with E-state index in [0.717, 1.165) is 29.7 Å². The number of esters is 1. The van der Waals surface area contributed by atoms with Crippen LogP contribution in [0, 0.1) is 0 Å². The number of rotatable bonds is 6. The Bertz CT molecular complexity index is 824. The molecule has 3 rings (SSSR count). The lowest BCUT2D eigenvalue weighted by atomic mass is 10.0. The lowest BCUT2D eigenvalue weighted by Crippen LogP contribution is -2.22. The van der Waals surface area contributed by atoms with Crippen molar-refractivity contribution in [2.24, 2.45) is 0 Å². The number of benzene rings is 2. The molecule has 27 heavy (non-hydrogen) atoms. The zero-order valence-electron chi connectivity index (χ0n) is 15.5. The van der Waals surface area contributed by atoms with Crippen molar-refractivity contribution in [1.82, 2.24) is 0 Å². The van der Waals surface area contributed by atoms with Crippen LogP contribution in [0.2, 0.25) is 0 Å². The molecule has 142 valence electrons. The maximum Gasteiger partial charge on any atom is 0.338 e. The molecular formula is C21H23NO5. The van der Waals surface area contributed by atoms with Gasteiger partial charge in [0.25, 0.3) is 5.91 Å². The van der Waals surface area contributed by atoms with Crippen molar-refractivity contribution in [1.29, 1.82) is 0 Å². The second-order valence-electron chi connectivity index (χ2n) is 6.14. The summed E-state index contributed by atoms with van der Waals surface area (Å²) in [5.41, 5.74) is 3.24. The van der Waals surface area contributed by atoms with E-state index in [9.17, 15) is 9.59 Å². The maximum absolute atomic E-state index is 12.3. The summed E-state index contributed by atoms with van der Waals surface area (Å²) >= 11 is 0. The van der Waals surface area contributed by atoms with E-state index in [-0.39, 0.29) is 12.5 Å². The van der Waals surface area contributed by atoms with Gasteiger partial charge in [-0.2, -0.15) is 0 Å². The quantitative estimate of drug-likeness (QED) is 0.790. The fraction of sp³-hybridized carbons (Fsp3) is 0.333. The number of hydrogen-bond acceptors (Lipinski definition) is 5. The van der Waals surface area contributed by atoms with Crippen LogP contribution in [-0.2, 0) is 22.4 Å². The number of carbonyl (C=O) groups excluding carboxylic acids is 2. The number of fused-ring (bicyclic) bond motifs is 1. The summed E-state index contributed by atoms with van der Waals surface area (Å²) in [5, 5.41) is 2.88. The topological polar surface area (TPSA) is 73.9 Å². The number of amides is 1. The van der Waals surface area contributed by atoms with Crippen LogP contribution in [0.15, 0.2) is 36.4 Å². The second kappa shape index (κ2) is 8.58. The lowest BCUT2D eigenvalue weighted by molar-refractivity contribution is -0.119. The predicted molar refractivity (Wildman–Crippen MR) is 102 cm³/mol. The Hall–Kier alpha value is -3.02. The van der Waals surface area contributed by atoms with Gasteiger partial charge in [-0.3, -0.25) is 4.79 Å². The Labute approximate surface area is 158 Å². The molecule has 6 heteroatoms. The molecule has 0 unspecified atom stereocenters. The van der Waals surface area contributed by atoms with Crippen LogP contribution in [0.4, 0.5) is 5.69 Å². The molecule has 1 amide bonds. The van der Waals surface area contributed by atoms with E-state index in [1.54, 1.807) is 18.2 Å². The third-order valence-corrected chi connectivity index (χ3v) is 4.38. The molecule has 0 saturated heterocycles. The first-order valence-corrected chi connectivity index (χ1v) is 9.09. The van der Waals surface area contributed by atoms with Crippen molar-refractivity contribution in [3.05, 3.63) is 53.1 Å². The number of para-hydroxylation sites is 1. The van der Waals surface area contributed by atoms with Crippen LogP contribution < -0.4 is 14.8 Å². The third-order valence-electron chi connectivity index (χ3n) is 4.38. The molecule has 1 aliphatic heterocycles. The monoisotopic (exact) mass is 369 g/mol. The van der Waals surface area contributed by atoms with Gasteiger partial charge in [0, 0.05) is 5.69 Å². The fourth-order valence-corrected chi connectivity index (χ4v) is 2.96. The minimum atomic E-state index is -0.582. The molecule has 0 saturated carbocycles. The average Bonchev–Trinajstić information content (AvgIpc) is 2.71. The zero-order valence-corrected chi connectivity index (χ0v) is 15.5. The Balaban J connectivity index is 1.62. The molecule has 2 aromatic carbocycles. The van der Waals surface area contributed by atoms with Gasteiger partial charge in [0.2, 0.25) is 0 Å². The van der Waals surface area contributed by atoms with Crippen molar-refractivity contribution in [3.63, 3.8) is 0 Å². The molecule has 0 fully saturated rings. The molecule has 0 atom stereocenters. The van der Waals surface area contributed by atoms with Gasteiger partial charge in [-0.25, -0.2) is 4.79 Å². The summed E-state index contributed by atoms with van der Waals surface area (Å²) in [6, 6.07) is 10.8. The standard InChI is InChI=1S/C21H23NO5/c1-3-14-6-5-7-15(4-2)20(14)22-19(23)13-27-21(24)16-8-9-17-18(12-16)26-11-10-25-17/h5-9,12H,3-4,10-11,13H2,1-2H3,(H,22,23). The Morgan fingerprint density at radius 1 is 1.00 bits per heavy atom. The van der Waals surface area contributed by atoms with Gasteiger partial charge >= 0.3 is 5.97 Å². The third kappa shape index (κ3) is 4.39. The molecule has 1 heterocycles. The van der Waals surface area contributed by atoms with E-state index in [1.807, 2.05) is 32.0 Å². The maximum atomic E-state index is 12.3. The summed E-state index contributed by atoms with van der Waals surface area (Å²) in [5.74, 6) is 0.154. The van der Waals surface area contributed by atoms with Crippen molar-refractivity contribution >= 4 is 17.6 Å². The van der Waals surface area contributed by atoms with Crippen LogP contribution >= 0.6 is 0 Å². The SMILES string of the molecule is CCc1cccc(CC)c1NC(=O)COC(=O)c1ccc2c(c1)OCCO2. The highest BCUT2D eigenvalue weighted by molar-refractivity contribution is 5.96. The van der Waals surface area contributed by atoms with E-state index < -0.39 is 5.97 Å². The molecule has 0 aromatic heterocycles. The number of hydrogen-bond donors (Lipinski definition) is 1. The Morgan fingerprint density at radius 2 is 1.67 bits per heavy atom. The van der Waals surface area contributed by atoms with Crippen LogP contribution in [0.1, 0.15) is 35.3 Å². The Kier molecular flexibility index (Phi) is 5.96. The predicted octanol–water partition coefficient (Wildman–Crippen LogP) is 3.38. The normalized spacial score (nSPS) is 12.4. The van der Waals surface area contributed by atoms with Gasteiger partial charge in [-0.15, -0.1) is 0 Å². The largest absolute Gasteiger partial charge is 0.486 e. The zero-order chi connectivity index (χ0) is 19.2. The van der Waals surface area contributed by atoms with E-state index in [2.05, 4.69) is 5.32 Å². The minimum Gasteiger partial charge on any atom is -0.486 e. The van der Waals surface area contributed by atoms with Gasteiger partial charge in [0.1, 0.15) is 13.2 Å². The first-order chi connectivity index (χ1) is 13.1. The lowest BCUT2D eigenvalue weighted by Gasteiger charge is -2.18. The highest BCUT2D eigenvalue weighted by atomic mass is 16.6. The second-order valence-corrected chi connectivity index (χ2v) is 6.14. The molecular weight excluding hydrogens is 346 g/mol. The molecule has 1 aliphatic rings. The number of carbonyl (C=O) groups is 2. The first kappa shape index (κ1) is 18.8. The van der Waals surface area contributed by atoms with Crippen LogP contribution in [0.3, 0.4) is 0 Å². The van der Waals surface area contributed by atoms with Crippen molar-refractivity contribution in [3.8, 4) is 11.5 Å². The summed E-state index contributed by atoms with van der Waals surface area (Å²) in [7, 11) is 0. The average molecular weight is 369 g/mol. The minimum absolute atomic E-state index is 0.315. The van der Waals surface area contributed by atoms with Gasteiger partial charge in [0.05, 0.1) is 5.56 Å². The van der Waals surface area contributed by atoms with Gasteiger partial charge in [-0.1, -0.05) is 32.0 Å². The smallest absolute Gasteiger partial charge is 0.338 e. The number of nitrogens with one attached hydrogen (secondary N) is 1. The van der Waals surface area contributed by atoms with Crippen LogP contribution in [0.5, 0.6) is 11.5 Å². The Morgan fingerprint density at radius 3 is 2.33 bits per heavy atom. The van der Waals surface area contributed by atoms with E-state index in [4.69, 9.17) is 14.2 Å². The van der Waals surface area contributed by atoms with Gasteiger partial charge in [-0.05, 0) is 42.2 Å². The van der Waals surface area contributed by atoms with Crippen LogP contribution in [0.25, 0.3) is 0 Å². The molecule has 0 aliphatic carbocycles. The number of anilines is 1. The summed E-state index contributed by atoms with van der Waals surface area (Å²) in [4.78, 5) is 24.5. The number of aryl methyl sites for hydroxylation is 2. The molecule has 0 radical (unpaired) electrons. The van der Waals surface area contributed by atoms with Gasteiger partial charge in [0.15, 0.2) is 18.1 Å². The van der Waals surface area contributed by atoms with E-state index in [0.29, 0.717) is 30.3 Å². The molecule has 6 nitrogen and oxygen atoms in total. The summed E-state index contributed by atoms with van der Waals surface area (Å²) in [6.45, 7) is 4.63. The highest BCUT2D eigenvalue weighted by Gasteiger charge is 2.17. The summed E-state index contributed by atoms with van der Waals surface area (Å²) < 4.78 is 16.0. The molecule has 2 aromatic rings. The van der Waals surface area contributed by atoms with E-state index in [1.165, 1.54) is 0 Å². The first-order valence-electron chi connectivity index (χ1n) is 9.09. The van der Waals surface area contributed by atoms with Crippen molar-refractivity contribution in [2.75, 3.05) is 25.1 Å². The van der Waals surface area contributed by atoms with Crippen LogP contribution in [-0.4, -0.2) is 31.7 Å². The summed E-state index contributed by atoms with van der Waals surface area (Å²) in [6.07, 6.45) is 1.61. The molecule has 0 spiro atoms. The molecule has 0 bridgehead atoms. The highest BCUT2D eigenvalue weighted by Crippen LogP contribution is 2.31. The molecule has 1 N–H and O–H groups in total. The number of ether oxygens (including phenoxy) is 3. The van der Waals surface area contributed by atoms with E-state index >= 15 is 0 Å². The van der Waals surface area contributed by atoms with Crippen molar-refractivity contribution in [2.45, 2.75) is 26.7 Å². The van der Waals surface area contributed by atoms with Crippen molar-refractivity contribution < 1.29 is 23.8 Å².